The summed E-state index contributed by atoms with van der Waals surface area (Å²) in [6.07, 6.45) is 0. The van der Waals surface area contributed by atoms with E-state index in [4.69, 9.17) is 0 Å². The van der Waals surface area contributed by atoms with E-state index in [1.807, 2.05) is 0 Å². The van der Waals surface area contributed by atoms with Crippen LogP contribution in [0.2, 0.25) is 0 Å². The van der Waals surface area contributed by atoms with Crippen LogP contribution in [0, 0.1) is 0 Å². The molecular weight excluding hydrogens is 691 g/mol. The molecule has 1 N–H and O–H groups in total. The smallest absolute Gasteiger partial charge is 0.0619 e. The van der Waals surface area contributed by atoms with Gasteiger partial charge in [-0.25, -0.2) is 0 Å². The van der Waals surface area contributed by atoms with E-state index in [9.17, 15) is 0 Å². The maximum atomic E-state index is 3.71. The van der Waals surface area contributed by atoms with Crippen molar-refractivity contribution in [1.82, 2.24) is 0 Å². The molecule has 270 valence electrons. The standard InChI is InChI=1S/C54H39N3/c1-6-21-40(22-7-1)55-41-33-35-50-51(37-41)53(48-32-18-20-39-19-16-17-31-47(39)48)49-36-34-46(56(42-23-8-2-9-24-42)43-25-10-3-11-26-43)38-52(49)54(50)57(44-27-12-4-13-28-44)45-29-14-5-15-30-45/h1-38,55H. The average Bonchev–Trinajstić information content (AvgIpc) is 3.28. The Morgan fingerprint density at radius 1 is 0.281 bits per heavy atom. The minimum atomic E-state index is 1.03. The summed E-state index contributed by atoms with van der Waals surface area (Å²) in [6.45, 7) is 0. The monoisotopic (exact) mass is 729 g/mol. The number of nitrogens with one attached hydrogen (secondary N) is 1. The topological polar surface area (TPSA) is 18.5 Å². The zero-order chi connectivity index (χ0) is 38.0. The van der Waals surface area contributed by atoms with Crippen molar-refractivity contribution in [3.05, 3.63) is 231 Å². The van der Waals surface area contributed by atoms with Crippen molar-refractivity contribution in [2.45, 2.75) is 0 Å². The number of para-hydroxylation sites is 5. The molecule has 57 heavy (non-hydrogen) atoms. The number of hydrogen-bond acceptors (Lipinski definition) is 3. The molecule has 0 heterocycles. The van der Waals surface area contributed by atoms with Crippen molar-refractivity contribution in [2.24, 2.45) is 0 Å². The molecule has 0 aliphatic rings. The predicted octanol–water partition coefficient (Wildman–Crippen LogP) is 15.5. The lowest BCUT2D eigenvalue weighted by atomic mass is 9.87. The van der Waals surface area contributed by atoms with Gasteiger partial charge in [0.15, 0.2) is 0 Å². The maximum Gasteiger partial charge on any atom is 0.0619 e. The fourth-order valence-corrected chi connectivity index (χ4v) is 8.24. The molecule has 10 rings (SSSR count). The number of fused-ring (bicyclic) bond motifs is 3. The molecule has 0 atom stereocenters. The first-order chi connectivity index (χ1) is 28.3. The van der Waals surface area contributed by atoms with E-state index >= 15 is 0 Å². The van der Waals surface area contributed by atoms with Crippen LogP contribution in [0.5, 0.6) is 0 Å². The minimum absolute atomic E-state index is 1.03. The van der Waals surface area contributed by atoms with Crippen LogP contribution in [0.15, 0.2) is 231 Å². The van der Waals surface area contributed by atoms with E-state index in [0.29, 0.717) is 0 Å². The van der Waals surface area contributed by atoms with Crippen LogP contribution in [-0.2, 0) is 0 Å². The number of hydrogen-bond donors (Lipinski definition) is 1. The fourth-order valence-electron chi connectivity index (χ4n) is 8.24. The number of rotatable bonds is 9. The van der Waals surface area contributed by atoms with Crippen molar-refractivity contribution in [3.63, 3.8) is 0 Å². The van der Waals surface area contributed by atoms with Crippen LogP contribution in [0.4, 0.5) is 45.5 Å². The molecule has 0 unspecified atom stereocenters. The van der Waals surface area contributed by atoms with E-state index in [-0.39, 0.29) is 0 Å². The van der Waals surface area contributed by atoms with Gasteiger partial charge < -0.3 is 15.1 Å². The van der Waals surface area contributed by atoms with Crippen LogP contribution in [-0.4, -0.2) is 0 Å². The van der Waals surface area contributed by atoms with Gasteiger partial charge in [0.1, 0.15) is 0 Å². The van der Waals surface area contributed by atoms with Gasteiger partial charge in [0.25, 0.3) is 0 Å². The summed E-state index contributed by atoms with van der Waals surface area (Å²) in [5.74, 6) is 0. The Bertz CT molecular complexity index is 2880. The van der Waals surface area contributed by atoms with Crippen molar-refractivity contribution in [3.8, 4) is 11.1 Å². The molecular formula is C54H39N3. The van der Waals surface area contributed by atoms with Crippen LogP contribution >= 0.6 is 0 Å². The van der Waals surface area contributed by atoms with E-state index < -0.39 is 0 Å². The lowest BCUT2D eigenvalue weighted by Gasteiger charge is -2.31. The SMILES string of the molecule is c1ccc(Nc2ccc3c(N(c4ccccc4)c4ccccc4)c4cc(N(c5ccccc5)c5ccccc5)ccc4c(-c4cccc5ccccc45)c3c2)cc1. The molecule has 0 saturated heterocycles. The molecule has 0 fully saturated rings. The summed E-state index contributed by atoms with van der Waals surface area (Å²) in [4.78, 5) is 4.79. The second-order valence-corrected chi connectivity index (χ2v) is 14.2. The summed E-state index contributed by atoms with van der Waals surface area (Å²) in [5, 5.41) is 10.8. The van der Waals surface area contributed by atoms with Crippen molar-refractivity contribution in [2.75, 3.05) is 15.1 Å². The number of nitrogens with zero attached hydrogens (tertiary/aromatic N) is 2. The summed E-state index contributed by atoms with van der Waals surface area (Å²) in [6, 6.07) is 82.5. The first kappa shape index (κ1) is 33.9. The van der Waals surface area contributed by atoms with Gasteiger partial charge >= 0.3 is 0 Å². The number of anilines is 8. The van der Waals surface area contributed by atoms with Crippen molar-refractivity contribution >= 4 is 77.8 Å². The summed E-state index contributed by atoms with van der Waals surface area (Å²) < 4.78 is 0. The molecule has 0 aliphatic carbocycles. The summed E-state index contributed by atoms with van der Waals surface area (Å²) in [5.41, 5.74) is 11.0. The highest BCUT2D eigenvalue weighted by Crippen LogP contribution is 2.51. The molecule has 10 aromatic rings. The normalized spacial score (nSPS) is 11.2. The fraction of sp³-hybridized carbons (Fsp3) is 0. The highest BCUT2D eigenvalue weighted by atomic mass is 15.2. The molecule has 3 heteroatoms. The highest BCUT2D eigenvalue weighted by molar-refractivity contribution is 6.25. The Labute approximate surface area is 333 Å². The average molecular weight is 730 g/mol. The van der Waals surface area contributed by atoms with Crippen molar-refractivity contribution in [1.29, 1.82) is 0 Å². The zero-order valence-corrected chi connectivity index (χ0v) is 31.3. The van der Waals surface area contributed by atoms with Gasteiger partial charge in [0, 0.05) is 50.6 Å². The van der Waals surface area contributed by atoms with Crippen LogP contribution in [0.3, 0.4) is 0 Å². The summed E-state index contributed by atoms with van der Waals surface area (Å²) >= 11 is 0. The molecule has 0 spiro atoms. The molecule has 0 amide bonds. The van der Waals surface area contributed by atoms with Crippen LogP contribution < -0.4 is 15.1 Å². The Balaban J connectivity index is 1.36. The van der Waals surface area contributed by atoms with E-state index in [0.717, 1.165) is 56.3 Å². The quantitative estimate of drug-likeness (QED) is 0.149. The molecule has 0 saturated carbocycles. The molecule has 10 aromatic carbocycles. The van der Waals surface area contributed by atoms with Gasteiger partial charge in [0.2, 0.25) is 0 Å². The Kier molecular flexibility index (Phi) is 8.86. The predicted molar refractivity (Wildman–Crippen MR) is 243 cm³/mol. The number of benzene rings is 10. The van der Waals surface area contributed by atoms with Gasteiger partial charge in [-0.15, -0.1) is 0 Å². The third kappa shape index (κ3) is 6.41. The van der Waals surface area contributed by atoms with Crippen molar-refractivity contribution < 1.29 is 0 Å². The van der Waals surface area contributed by atoms with Crippen LogP contribution in [0.1, 0.15) is 0 Å². The van der Waals surface area contributed by atoms with Gasteiger partial charge in [-0.1, -0.05) is 146 Å². The third-order valence-corrected chi connectivity index (χ3v) is 10.7. The van der Waals surface area contributed by atoms with E-state index in [1.54, 1.807) is 0 Å². The van der Waals surface area contributed by atoms with Gasteiger partial charge in [-0.05, 0) is 118 Å². The molecule has 0 aliphatic heterocycles. The first-order valence-corrected chi connectivity index (χ1v) is 19.4. The Morgan fingerprint density at radius 3 is 1.40 bits per heavy atom. The second-order valence-electron chi connectivity index (χ2n) is 14.2. The Morgan fingerprint density at radius 2 is 0.789 bits per heavy atom. The van der Waals surface area contributed by atoms with Gasteiger partial charge in [-0.2, -0.15) is 0 Å². The molecule has 0 aromatic heterocycles. The highest BCUT2D eigenvalue weighted by Gasteiger charge is 2.25. The maximum absolute atomic E-state index is 3.71. The summed E-state index contributed by atoms with van der Waals surface area (Å²) in [7, 11) is 0. The third-order valence-electron chi connectivity index (χ3n) is 10.7. The lowest BCUT2D eigenvalue weighted by molar-refractivity contribution is 1.28. The first-order valence-electron chi connectivity index (χ1n) is 19.4. The molecule has 0 bridgehead atoms. The van der Waals surface area contributed by atoms with E-state index in [2.05, 4.69) is 246 Å². The Hall–Kier alpha value is -7.62. The van der Waals surface area contributed by atoms with Gasteiger partial charge in [-0.3, -0.25) is 0 Å². The lowest BCUT2D eigenvalue weighted by Crippen LogP contribution is -2.13. The van der Waals surface area contributed by atoms with Gasteiger partial charge in [0.05, 0.1) is 5.69 Å². The molecule has 0 radical (unpaired) electrons. The second kappa shape index (κ2) is 14.9. The molecule has 3 nitrogen and oxygen atoms in total. The van der Waals surface area contributed by atoms with Crippen LogP contribution in [0.25, 0.3) is 43.4 Å². The minimum Gasteiger partial charge on any atom is -0.356 e. The largest absolute Gasteiger partial charge is 0.356 e. The zero-order valence-electron chi connectivity index (χ0n) is 31.3. The van der Waals surface area contributed by atoms with E-state index in [1.165, 1.54) is 32.7 Å².